The van der Waals surface area contributed by atoms with E-state index >= 15 is 0 Å². The van der Waals surface area contributed by atoms with Crippen LogP contribution in [0.1, 0.15) is 28.2 Å². The van der Waals surface area contributed by atoms with E-state index in [1.807, 2.05) is 44.2 Å². The van der Waals surface area contributed by atoms with Crippen LogP contribution in [0.5, 0.6) is 0 Å². The van der Waals surface area contributed by atoms with Crippen molar-refractivity contribution in [3.05, 3.63) is 53.3 Å². The van der Waals surface area contributed by atoms with Crippen molar-refractivity contribution in [3.63, 3.8) is 0 Å². The van der Waals surface area contributed by atoms with Crippen molar-refractivity contribution in [2.75, 3.05) is 19.7 Å². The van der Waals surface area contributed by atoms with E-state index in [1.54, 1.807) is 11.0 Å². The number of aryl methyl sites for hydroxylation is 2. The van der Waals surface area contributed by atoms with Gasteiger partial charge in [-0.15, -0.1) is 0 Å². The summed E-state index contributed by atoms with van der Waals surface area (Å²) >= 11 is 0. The maximum atomic E-state index is 13.0. The lowest BCUT2D eigenvalue weighted by Crippen LogP contribution is -2.57. The van der Waals surface area contributed by atoms with Gasteiger partial charge >= 0.3 is 0 Å². The Bertz CT molecular complexity index is 835. The molecular formula is C20H23N3O3. The monoisotopic (exact) mass is 353 g/mol. The molecule has 1 aromatic carbocycles. The number of carbonyl (C=O) groups is 2. The minimum atomic E-state index is -0.632. The Morgan fingerprint density at radius 3 is 2.85 bits per heavy atom. The molecule has 6 heteroatoms. The Labute approximate surface area is 152 Å². The lowest BCUT2D eigenvalue weighted by molar-refractivity contribution is -0.128. The van der Waals surface area contributed by atoms with Gasteiger partial charge < -0.3 is 15.3 Å². The highest BCUT2D eigenvalue weighted by Crippen LogP contribution is 2.24. The van der Waals surface area contributed by atoms with Crippen molar-refractivity contribution in [3.8, 4) is 11.1 Å². The molecule has 0 saturated carbocycles. The molecule has 2 amide bonds. The molecule has 1 fully saturated rings. The quantitative estimate of drug-likeness (QED) is 0.876. The van der Waals surface area contributed by atoms with Gasteiger partial charge in [0.05, 0.1) is 0 Å². The van der Waals surface area contributed by atoms with Crippen LogP contribution in [-0.2, 0) is 4.79 Å². The van der Waals surface area contributed by atoms with E-state index in [0.717, 1.165) is 22.5 Å². The fourth-order valence-electron chi connectivity index (χ4n) is 3.34. The SMILES string of the molecule is Cc1ccc(-c2cccc(C(=O)N3CCNC(=O)[C@H]3CCO)c2)c(C)n1. The van der Waals surface area contributed by atoms with Gasteiger partial charge in [-0.1, -0.05) is 18.2 Å². The standard InChI is InChI=1S/C20H23N3O3/c1-13-6-7-17(14(2)22-13)15-4-3-5-16(12-15)20(26)23-10-9-21-19(25)18(23)8-11-24/h3-7,12,18,24H,8-11H2,1-2H3,(H,21,25)/t18-/m1/s1. The van der Waals surface area contributed by atoms with Gasteiger partial charge in [-0.2, -0.15) is 0 Å². The number of hydrogen-bond donors (Lipinski definition) is 2. The number of rotatable bonds is 4. The summed E-state index contributed by atoms with van der Waals surface area (Å²) in [4.78, 5) is 31.1. The highest BCUT2D eigenvalue weighted by atomic mass is 16.3. The van der Waals surface area contributed by atoms with Gasteiger partial charge in [0, 0.05) is 42.2 Å². The molecular weight excluding hydrogens is 330 g/mol. The van der Waals surface area contributed by atoms with E-state index in [2.05, 4.69) is 10.3 Å². The van der Waals surface area contributed by atoms with Crippen molar-refractivity contribution in [2.24, 2.45) is 0 Å². The van der Waals surface area contributed by atoms with E-state index in [9.17, 15) is 14.7 Å². The zero-order chi connectivity index (χ0) is 18.7. The summed E-state index contributed by atoms with van der Waals surface area (Å²) in [6, 6.07) is 10.7. The molecule has 0 radical (unpaired) electrons. The fourth-order valence-corrected chi connectivity index (χ4v) is 3.34. The number of aliphatic hydroxyl groups excluding tert-OH is 1. The number of carbonyl (C=O) groups excluding carboxylic acids is 2. The number of piperazine rings is 1. The first-order chi connectivity index (χ1) is 12.5. The Morgan fingerprint density at radius 2 is 2.12 bits per heavy atom. The smallest absolute Gasteiger partial charge is 0.254 e. The molecule has 6 nitrogen and oxygen atoms in total. The van der Waals surface area contributed by atoms with Crippen LogP contribution < -0.4 is 5.32 Å². The summed E-state index contributed by atoms with van der Waals surface area (Å²) in [5.41, 5.74) is 4.28. The highest BCUT2D eigenvalue weighted by molar-refractivity contribution is 5.99. The molecule has 3 rings (SSSR count). The number of nitrogens with one attached hydrogen (secondary N) is 1. The van der Waals surface area contributed by atoms with Crippen LogP contribution >= 0.6 is 0 Å². The number of pyridine rings is 1. The molecule has 26 heavy (non-hydrogen) atoms. The maximum absolute atomic E-state index is 13.0. The van der Waals surface area contributed by atoms with Crippen LogP contribution in [0.4, 0.5) is 0 Å². The van der Waals surface area contributed by atoms with Crippen molar-refractivity contribution in [1.29, 1.82) is 0 Å². The normalized spacial score (nSPS) is 17.1. The molecule has 136 valence electrons. The lowest BCUT2D eigenvalue weighted by Gasteiger charge is -2.35. The molecule has 1 aromatic heterocycles. The Kier molecular flexibility index (Phi) is 5.32. The van der Waals surface area contributed by atoms with Gasteiger partial charge in [-0.3, -0.25) is 14.6 Å². The van der Waals surface area contributed by atoms with Crippen LogP contribution in [0, 0.1) is 13.8 Å². The maximum Gasteiger partial charge on any atom is 0.254 e. The molecule has 1 aliphatic heterocycles. The molecule has 2 aromatic rings. The van der Waals surface area contributed by atoms with Crippen molar-refractivity contribution < 1.29 is 14.7 Å². The van der Waals surface area contributed by atoms with Crippen LogP contribution in [0.2, 0.25) is 0 Å². The summed E-state index contributed by atoms with van der Waals surface area (Å²) in [6.07, 6.45) is 0.234. The average molecular weight is 353 g/mol. The minimum Gasteiger partial charge on any atom is -0.396 e. The Hall–Kier alpha value is -2.73. The zero-order valence-corrected chi connectivity index (χ0v) is 15.0. The Balaban J connectivity index is 1.91. The van der Waals surface area contributed by atoms with Crippen LogP contribution in [0.15, 0.2) is 36.4 Å². The van der Waals surface area contributed by atoms with E-state index < -0.39 is 6.04 Å². The van der Waals surface area contributed by atoms with Gasteiger partial charge in [0.1, 0.15) is 6.04 Å². The first-order valence-corrected chi connectivity index (χ1v) is 8.75. The summed E-state index contributed by atoms with van der Waals surface area (Å²) in [6.45, 7) is 4.61. The number of nitrogens with zero attached hydrogens (tertiary/aromatic N) is 2. The van der Waals surface area contributed by atoms with Crippen molar-refractivity contribution in [1.82, 2.24) is 15.2 Å². The minimum absolute atomic E-state index is 0.143. The predicted octanol–water partition coefficient (Wildman–Crippen LogP) is 1.69. The predicted molar refractivity (Wildman–Crippen MR) is 98.7 cm³/mol. The van der Waals surface area contributed by atoms with Crippen LogP contribution in [-0.4, -0.2) is 52.5 Å². The van der Waals surface area contributed by atoms with E-state index in [4.69, 9.17) is 0 Å². The summed E-state index contributed by atoms with van der Waals surface area (Å²) in [5, 5.41) is 12.0. The van der Waals surface area contributed by atoms with E-state index in [-0.39, 0.29) is 24.8 Å². The van der Waals surface area contributed by atoms with E-state index in [0.29, 0.717) is 18.7 Å². The second-order valence-corrected chi connectivity index (χ2v) is 6.48. The largest absolute Gasteiger partial charge is 0.396 e. The number of aromatic nitrogens is 1. The molecule has 2 N–H and O–H groups in total. The molecule has 0 bridgehead atoms. The number of aliphatic hydroxyl groups is 1. The third kappa shape index (κ3) is 3.60. The fraction of sp³-hybridized carbons (Fsp3) is 0.350. The van der Waals surface area contributed by atoms with Gasteiger partial charge in [0.25, 0.3) is 5.91 Å². The Morgan fingerprint density at radius 1 is 1.31 bits per heavy atom. The highest BCUT2D eigenvalue weighted by Gasteiger charge is 2.33. The molecule has 0 aliphatic carbocycles. The van der Waals surface area contributed by atoms with Gasteiger partial charge in [0.15, 0.2) is 0 Å². The second-order valence-electron chi connectivity index (χ2n) is 6.48. The number of amides is 2. The van der Waals surface area contributed by atoms with Crippen LogP contribution in [0.25, 0.3) is 11.1 Å². The third-order valence-electron chi connectivity index (χ3n) is 4.64. The molecule has 1 atom stereocenters. The molecule has 1 saturated heterocycles. The topological polar surface area (TPSA) is 82.5 Å². The first kappa shape index (κ1) is 18.1. The third-order valence-corrected chi connectivity index (χ3v) is 4.64. The lowest BCUT2D eigenvalue weighted by atomic mass is 10.00. The average Bonchev–Trinajstić information content (AvgIpc) is 2.63. The molecule has 0 spiro atoms. The van der Waals surface area contributed by atoms with E-state index in [1.165, 1.54) is 0 Å². The summed E-state index contributed by atoms with van der Waals surface area (Å²) < 4.78 is 0. The molecule has 2 heterocycles. The summed E-state index contributed by atoms with van der Waals surface area (Å²) in [7, 11) is 0. The van der Waals surface area contributed by atoms with Gasteiger partial charge in [-0.05, 0) is 44.0 Å². The number of hydrogen-bond acceptors (Lipinski definition) is 4. The van der Waals surface area contributed by atoms with Gasteiger partial charge in [-0.25, -0.2) is 0 Å². The molecule has 0 unspecified atom stereocenters. The van der Waals surface area contributed by atoms with Crippen LogP contribution in [0.3, 0.4) is 0 Å². The van der Waals surface area contributed by atoms with Crippen molar-refractivity contribution >= 4 is 11.8 Å². The molecule has 1 aliphatic rings. The summed E-state index contributed by atoms with van der Waals surface area (Å²) in [5.74, 6) is -0.411. The zero-order valence-electron chi connectivity index (χ0n) is 15.0. The number of benzene rings is 1. The first-order valence-electron chi connectivity index (χ1n) is 8.75. The second kappa shape index (κ2) is 7.66. The van der Waals surface area contributed by atoms with Crippen molar-refractivity contribution in [2.45, 2.75) is 26.3 Å². The van der Waals surface area contributed by atoms with Gasteiger partial charge in [0.2, 0.25) is 5.91 Å².